The first-order valence-electron chi connectivity index (χ1n) is 5.03. The zero-order valence-electron chi connectivity index (χ0n) is 8.90. The van der Waals surface area contributed by atoms with Crippen LogP contribution in [0.1, 0.15) is 13.3 Å². The molecule has 0 saturated carbocycles. The van der Waals surface area contributed by atoms with E-state index >= 15 is 0 Å². The summed E-state index contributed by atoms with van der Waals surface area (Å²) in [7, 11) is -2.80. The molecule has 1 saturated heterocycles. The minimum absolute atomic E-state index is 0.300. The van der Waals surface area contributed by atoms with E-state index in [1.807, 2.05) is 11.8 Å². The van der Waals surface area contributed by atoms with Gasteiger partial charge < -0.3 is 4.90 Å². The Balaban J connectivity index is 2.31. The van der Waals surface area contributed by atoms with Crippen molar-refractivity contribution in [3.05, 3.63) is 0 Å². The highest BCUT2D eigenvalue weighted by molar-refractivity contribution is 8.00. The van der Waals surface area contributed by atoms with E-state index in [9.17, 15) is 8.42 Å². The topological polar surface area (TPSA) is 37.4 Å². The highest BCUT2D eigenvalue weighted by atomic mass is 32.2. The van der Waals surface area contributed by atoms with Crippen molar-refractivity contribution >= 4 is 21.6 Å². The van der Waals surface area contributed by atoms with Gasteiger partial charge in [-0.05, 0) is 6.42 Å². The number of nitrogens with zero attached hydrogens (tertiary/aromatic N) is 1. The summed E-state index contributed by atoms with van der Waals surface area (Å²) in [4.78, 5) is 2.27. The Labute approximate surface area is 91.2 Å². The van der Waals surface area contributed by atoms with Gasteiger partial charge in [-0.25, -0.2) is 8.42 Å². The first-order chi connectivity index (χ1) is 6.51. The van der Waals surface area contributed by atoms with Gasteiger partial charge in [0.2, 0.25) is 0 Å². The van der Waals surface area contributed by atoms with Gasteiger partial charge in [-0.2, -0.15) is 11.8 Å². The fraction of sp³-hybridized carbons (Fsp3) is 1.00. The van der Waals surface area contributed by atoms with Gasteiger partial charge in [0.1, 0.15) is 9.84 Å². The monoisotopic (exact) mass is 237 g/mol. The minimum Gasteiger partial charge on any atom is -0.300 e. The van der Waals surface area contributed by atoms with Gasteiger partial charge in [0.25, 0.3) is 0 Å². The highest BCUT2D eigenvalue weighted by Crippen LogP contribution is 2.20. The maximum absolute atomic E-state index is 11.0. The lowest BCUT2D eigenvalue weighted by Gasteiger charge is -2.31. The van der Waals surface area contributed by atoms with Crippen LogP contribution >= 0.6 is 11.8 Å². The molecule has 0 aromatic heterocycles. The van der Waals surface area contributed by atoms with Crippen LogP contribution in [0.25, 0.3) is 0 Å². The summed E-state index contributed by atoms with van der Waals surface area (Å²) in [5.41, 5.74) is 0. The molecule has 0 aliphatic carbocycles. The molecule has 0 aromatic rings. The summed E-state index contributed by atoms with van der Waals surface area (Å²) in [6.07, 6.45) is 2.49. The molecule has 1 aliphatic heterocycles. The average molecular weight is 237 g/mol. The molecule has 0 radical (unpaired) electrons. The van der Waals surface area contributed by atoms with Crippen LogP contribution in [0.15, 0.2) is 0 Å². The van der Waals surface area contributed by atoms with Crippen molar-refractivity contribution in [3.63, 3.8) is 0 Å². The standard InChI is InChI=1S/C9H19NO2S2/c1-3-9-8-10(4-6-13-9)5-7-14(2,11)12/h9H,3-8H2,1-2H3. The first-order valence-corrected chi connectivity index (χ1v) is 8.14. The molecule has 0 N–H and O–H groups in total. The summed E-state index contributed by atoms with van der Waals surface area (Å²) >= 11 is 2.01. The van der Waals surface area contributed by atoms with Crippen LogP contribution in [0.4, 0.5) is 0 Å². The van der Waals surface area contributed by atoms with Crippen LogP contribution in [0.2, 0.25) is 0 Å². The van der Waals surface area contributed by atoms with Gasteiger partial charge in [-0.15, -0.1) is 0 Å². The van der Waals surface area contributed by atoms with Crippen LogP contribution in [0.3, 0.4) is 0 Å². The Morgan fingerprint density at radius 3 is 2.79 bits per heavy atom. The Kier molecular flexibility index (Phi) is 4.73. The molecule has 0 aromatic carbocycles. The number of sulfone groups is 1. The lowest BCUT2D eigenvalue weighted by Crippen LogP contribution is -2.40. The molecule has 1 fully saturated rings. The fourth-order valence-corrected chi connectivity index (χ4v) is 3.36. The summed E-state index contributed by atoms with van der Waals surface area (Å²) in [6, 6.07) is 0. The molecule has 84 valence electrons. The third kappa shape index (κ3) is 4.66. The molecular weight excluding hydrogens is 218 g/mol. The summed E-state index contributed by atoms with van der Waals surface area (Å²) in [6.45, 7) is 4.99. The van der Waals surface area contributed by atoms with E-state index in [1.54, 1.807) is 0 Å². The van der Waals surface area contributed by atoms with Crippen molar-refractivity contribution in [2.45, 2.75) is 18.6 Å². The number of thioether (sulfide) groups is 1. The molecule has 0 amide bonds. The van der Waals surface area contributed by atoms with Gasteiger partial charge in [0.15, 0.2) is 0 Å². The molecule has 14 heavy (non-hydrogen) atoms. The second kappa shape index (κ2) is 5.37. The van der Waals surface area contributed by atoms with Crippen molar-refractivity contribution in [2.24, 2.45) is 0 Å². The fourth-order valence-electron chi connectivity index (χ4n) is 1.53. The molecule has 1 rings (SSSR count). The summed E-state index contributed by atoms with van der Waals surface area (Å²) in [5, 5.41) is 0.698. The zero-order chi connectivity index (χ0) is 10.6. The van der Waals surface area contributed by atoms with Gasteiger partial charge in [-0.3, -0.25) is 0 Å². The largest absolute Gasteiger partial charge is 0.300 e. The van der Waals surface area contributed by atoms with E-state index in [-0.39, 0.29) is 0 Å². The zero-order valence-corrected chi connectivity index (χ0v) is 10.5. The maximum atomic E-state index is 11.0. The van der Waals surface area contributed by atoms with E-state index in [1.165, 1.54) is 12.7 Å². The van der Waals surface area contributed by atoms with E-state index < -0.39 is 9.84 Å². The van der Waals surface area contributed by atoms with Crippen molar-refractivity contribution in [2.75, 3.05) is 37.4 Å². The van der Waals surface area contributed by atoms with Crippen LogP contribution in [0.5, 0.6) is 0 Å². The lowest BCUT2D eigenvalue weighted by molar-refractivity contribution is 0.297. The second-order valence-corrected chi connectivity index (χ2v) is 7.50. The molecule has 1 heterocycles. The van der Waals surface area contributed by atoms with Crippen LogP contribution < -0.4 is 0 Å². The summed E-state index contributed by atoms with van der Waals surface area (Å²) < 4.78 is 22.0. The van der Waals surface area contributed by atoms with Crippen LogP contribution in [0, 0.1) is 0 Å². The third-order valence-electron chi connectivity index (χ3n) is 2.46. The molecular formula is C9H19NO2S2. The highest BCUT2D eigenvalue weighted by Gasteiger charge is 2.19. The van der Waals surface area contributed by atoms with E-state index in [4.69, 9.17) is 0 Å². The molecule has 1 aliphatic rings. The predicted octanol–water partition coefficient (Wildman–Crippen LogP) is 0.858. The van der Waals surface area contributed by atoms with Gasteiger partial charge in [0, 0.05) is 36.9 Å². The Hall–Kier alpha value is 0.260. The van der Waals surface area contributed by atoms with Gasteiger partial charge in [0.05, 0.1) is 5.75 Å². The quantitative estimate of drug-likeness (QED) is 0.727. The van der Waals surface area contributed by atoms with Crippen molar-refractivity contribution in [1.82, 2.24) is 4.90 Å². The van der Waals surface area contributed by atoms with Crippen LogP contribution in [-0.4, -0.2) is 56.0 Å². The van der Waals surface area contributed by atoms with Crippen molar-refractivity contribution in [1.29, 1.82) is 0 Å². The normalized spacial score (nSPS) is 25.1. The number of hydrogen-bond acceptors (Lipinski definition) is 4. The second-order valence-electron chi connectivity index (χ2n) is 3.83. The summed E-state index contributed by atoms with van der Waals surface area (Å²) in [5.74, 6) is 1.44. The number of hydrogen-bond donors (Lipinski definition) is 0. The Morgan fingerprint density at radius 1 is 1.50 bits per heavy atom. The van der Waals surface area contributed by atoms with Gasteiger partial charge in [-0.1, -0.05) is 6.92 Å². The average Bonchev–Trinajstić information content (AvgIpc) is 2.14. The number of rotatable bonds is 4. The lowest BCUT2D eigenvalue weighted by atomic mass is 10.3. The molecule has 3 nitrogen and oxygen atoms in total. The Bertz CT molecular complexity index is 264. The maximum Gasteiger partial charge on any atom is 0.148 e. The van der Waals surface area contributed by atoms with Crippen molar-refractivity contribution < 1.29 is 8.42 Å². The molecule has 0 spiro atoms. The van der Waals surface area contributed by atoms with Gasteiger partial charge >= 0.3 is 0 Å². The molecule has 0 bridgehead atoms. The molecule has 1 atom stereocenters. The van der Waals surface area contributed by atoms with E-state index in [0.717, 1.165) is 18.8 Å². The smallest absolute Gasteiger partial charge is 0.148 e. The molecule has 5 heteroatoms. The molecule has 1 unspecified atom stereocenters. The minimum atomic E-state index is -2.80. The SMILES string of the molecule is CCC1CN(CCS(C)(=O)=O)CCS1. The van der Waals surface area contributed by atoms with E-state index in [2.05, 4.69) is 11.8 Å². The first kappa shape index (κ1) is 12.3. The van der Waals surface area contributed by atoms with E-state index in [0.29, 0.717) is 17.5 Å². The van der Waals surface area contributed by atoms with Crippen LogP contribution in [-0.2, 0) is 9.84 Å². The third-order valence-corrected chi connectivity index (χ3v) is 4.75. The Morgan fingerprint density at radius 2 is 2.21 bits per heavy atom. The van der Waals surface area contributed by atoms with Crippen molar-refractivity contribution in [3.8, 4) is 0 Å². The predicted molar refractivity (Wildman–Crippen MR) is 62.7 cm³/mol.